The fraction of sp³-hybridized carbons (Fsp3) is 0.429. The molecule has 1 aliphatic heterocycles. The van der Waals surface area contributed by atoms with Gasteiger partial charge in [-0.25, -0.2) is 0 Å². The van der Waals surface area contributed by atoms with Crippen LogP contribution in [-0.4, -0.2) is 41.5 Å². The molecule has 0 bridgehead atoms. The van der Waals surface area contributed by atoms with Gasteiger partial charge in [0.25, 0.3) is 5.91 Å². The highest BCUT2D eigenvalue weighted by Gasteiger charge is 2.32. The van der Waals surface area contributed by atoms with Gasteiger partial charge in [-0.3, -0.25) is 4.79 Å². The molecule has 1 aliphatic rings. The summed E-state index contributed by atoms with van der Waals surface area (Å²) in [6, 6.07) is 5.00. The molecular weight excluding hydrogens is 258 g/mol. The van der Waals surface area contributed by atoms with Crippen LogP contribution < -0.4 is 10.5 Å². The van der Waals surface area contributed by atoms with Gasteiger partial charge in [-0.2, -0.15) is 0 Å². The number of amides is 1. The van der Waals surface area contributed by atoms with Crippen LogP contribution in [-0.2, 0) is 0 Å². The molecule has 0 radical (unpaired) electrons. The van der Waals surface area contributed by atoms with Gasteiger partial charge in [-0.05, 0) is 37.5 Å². The van der Waals surface area contributed by atoms with Crippen molar-refractivity contribution < 1.29 is 14.7 Å². The van der Waals surface area contributed by atoms with E-state index >= 15 is 0 Å². The van der Waals surface area contributed by atoms with Crippen LogP contribution in [0.5, 0.6) is 5.75 Å². The van der Waals surface area contributed by atoms with E-state index in [0.29, 0.717) is 24.3 Å². The average molecular weight is 277 g/mol. The van der Waals surface area contributed by atoms with E-state index in [4.69, 9.17) is 15.7 Å². The first-order chi connectivity index (χ1) is 9.58. The Balaban J connectivity index is 2.27. The third-order valence-electron chi connectivity index (χ3n) is 3.63. The number of amidine groups is 1. The molecule has 1 atom stereocenters. The second-order valence-electron chi connectivity index (χ2n) is 4.87. The zero-order valence-corrected chi connectivity index (χ0v) is 11.7. The van der Waals surface area contributed by atoms with Crippen LogP contribution in [0.1, 0.15) is 28.8 Å². The number of hydrogen-bond acceptors (Lipinski definition) is 4. The minimum absolute atomic E-state index is 0.0786. The second kappa shape index (κ2) is 5.81. The molecule has 108 valence electrons. The molecule has 2 rings (SSSR count). The smallest absolute Gasteiger partial charge is 0.254 e. The molecule has 1 amide bonds. The standard InChI is InChI=1S/C14H19N3O3/c1-9-5-6-10(8-12(9)20-2)14(18)17-7-3-4-11(17)13(15)16-19/h5-6,8,11,19H,3-4,7H2,1-2H3,(H2,15,16). The fourth-order valence-corrected chi connectivity index (χ4v) is 2.50. The van der Waals surface area contributed by atoms with E-state index in [-0.39, 0.29) is 17.8 Å². The molecule has 1 aromatic rings. The minimum atomic E-state index is -0.334. The van der Waals surface area contributed by atoms with Crippen molar-refractivity contribution >= 4 is 11.7 Å². The topological polar surface area (TPSA) is 88.2 Å². The zero-order valence-electron chi connectivity index (χ0n) is 11.7. The molecule has 6 heteroatoms. The highest BCUT2D eigenvalue weighted by atomic mass is 16.5. The Morgan fingerprint density at radius 3 is 2.95 bits per heavy atom. The third-order valence-corrected chi connectivity index (χ3v) is 3.63. The van der Waals surface area contributed by atoms with Gasteiger partial charge in [0, 0.05) is 12.1 Å². The summed E-state index contributed by atoms with van der Waals surface area (Å²) in [6.07, 6.45) is 1.56. The largest absolute Gasteiger partial charge is 0.496 e. The molecule has 3 N–H and O–H groups in total. The summed E-state index contributed by atoms with van der Waals surface area (Å²) in [7, 11) is 1.58. The summed E-state index contributed by atoms with van der Waals surface area (Å²) in [5, 5.41) is 11.8. The molecule has 1 aromatic carbocycles. The number of nitrogens with two attached hydrogens (primary N) is 1. The Morgan fingerprint density at radius 2 is 2.30 bits per heavy atom. The van der Waals surface area contributed by atoms with Crippen LogP contribution in [0.3, 0.4) is 0 Å². The summed E-state index contributed by atoms with van der Waals surface area (Å²) in [4.78, 5) is 14.2. The summed E-state index contributed by atoms with van der Waals surface area (Å²) in [6.45, 7) is 2.53. The molecule has 0 aromatic heterocycles. The molecule has 6 nitrogen and oxygen atoms in total. The Labute approximate surface area is 117 Å². The Hall–Kier alpha value is -2.24. The number of carbonyl (C=O) groups is 1. The summed E-state index contributed by atoms with van der Waals surface area (Å²) in [5.74, 6) is 0.628. The van der Waals surface area contributed by atoms with Crippen molar-refractivity contribution in [1.82, 2.24) is 4.90 Å². The Bertz CT molecular complexity index is 542. The van der Waals surface area contributed by atoms with E-state index in [0.717, 1.165) is 12.0 Å². The molecule has 1 saturated heterocycles. The lowest BCUT2D eigenvalue weighted by atomic mass is 10.1. The van der Waals surface area contributed by atoms with Crippen LogP contribution in [0.15, 0.2) is 23.4 Å². The molecule has 1 fully saturated rings. The minimum Gasteiger partial charge on any atom is -0.496 e. The molecule has 1 heterocycles. The predicted octanol–water partition coefficient (Wildman–Crippen LogP) is 1.35. The van der Waals surface area contributed by atoms with Crippen LogP contribution >= 0.6 is 0 Å². The maximum atomic E-state index is 12.5. The molecule has 0 saturated carbocycles. The zero-order chi connectivity index (χ0) is 14.7. The van der Waals surface area contributed by atoms with Crippen LogP contribution in [0, 0.1) is 6.92 Å². The molecule has 20 heavy (non-hydrogen) atoms. The summed E-state index contributed by atoms with van der Waals surface area (Å²) < 4.78 is 5.23. The maximum Gasteiger partial charge on any atom is 0.254 e. The van der Waals surface area contributed by atoms with Gasteiger partial charge >= 0.3 is 0 Å². The first-order valence-corrected chi connectivity index (χ1v) is 6.51. The summed E-state index contributed by atoms with van der Waals surface area (Å²) in [5.41, 5.74) is 7.16. The lowest BCUT2D eigenvalue weighted by Crippen LogP contribution is -2.43. The van der Waals surface area contributed by atoms with E-state index in [1.165, 1.54) is 0 Å². The van der Waals surface area contributed by atoms with E-state index in [9.17, 15) is 4.79 Å². The van der Waals surface area contributed by atoms with Crippen LogP contribution in [0.4, 0.5) is 0 Å². The monoisotopic (exact) mass is 277 g/mol. The Kier molecular flexibility index (Phi) is 4.12. The number of ether oxygens (including phenoxy) is 1. The predicted molar refractivity (Wildman–Crippen MR) is 75.2 cm³/mol. The van der Waals surface area contributed by atoms with Crippen LogP contribution in [0.2, 0.25) is 0 Å². The highest BCUT2D eigenvalue weighted by Crippen LogP contribution is 2.24. The molecule has 0 spiro atoms. The summed E-state index contributed by atoms with van der Waals surface area (Å²) >= 11 is 0. The van der Waals surface area contributed by atoms with Crippen LogP contribution in [0.25, 0.3) is 0 Å². The van der Waals surface area contributed by atoms with Gasteiger partial charge in [0.05, 0.1) is 13.2 Å². The van der Waals surface area contributed by atoms with Crippen molar-refractivity contribution in [2.45, 2.75) is 25.8 Å². The van der Waals surface area contributed by atoms with Crippen molar-refractivity contribution in [2.24, 2.45) is 10.9 Å². The van der Waals surface area contributed by atoms with Gasteiger partial charge in [-0.15, -0.1) is 0 Å². The number of likely N-dealkylation sites (tertiary alicyclic amines) is 1. The number of hydrogen-bond donors (Lipinski definition) is 2. The highest BCUT2D eigenvalue weighted by molar-refractivity contribution is 5.99. The number of rotatable bonds is 3. The van der Waals surface area contributed by atoms with Gasteiger partial charge in [-0.1, -0.05) is 11.2 Å². The van der Waals surface area contributed by atoms with Crippen molar-refractivity contribution in [3.05, 3.63) is 29.3 Å². The maximum absolute atomic E-state index is 12.5. The van der Waals surface area contributed by atoms with E-state index in [1.54, 1.807) is 24.1 Å². The average Bonchev–Trinajstić information content (AvgIpc) is 2.95. The third kappa shape index (κ3) is 2.54. The van der Waals surface area contributed by atoms with E-state index in [1.807, 2.05) is 13.0 Å². The van der Waals surface area contributed by atoms with Crippen molar-refractivity contribution in [1.29, 1.82) is 0 Å². The second-order valence-corrected chi connectivity index (χ2v) is 4.87. The number of aryl methyl sites for hydroxylation is 1. The quantitative estimate of drug-likeness (QED) is 0.378. The van der Waals surface area contributed by atoms with Gasteiger partial charge < -0.3 is 20.6 Å². The lowest BCUT2D eigenvalue weighted by Gasteiger charge is -2.23. The SMILES string of the molecule is COc1cc(C(=O)N2CCCC2C(N)=NO)ccc1C. The molecule has 0 aliphatic carbocycles. The van der Waals surface area contributed by atoms with Crippen molar-refractivity contribution in [3.63, 3.8) is 0 Å². The number of carbonyl (C=O) groups excluding carboxylic acids is 1. The van der Waals surface area contributed by atoms with Gasteiger partial charge in [0.1, 0.15) is 5.75 Å². The molecular formula is C14H19N3O3. The Morgan fingerprint density at radius 1 is 1.55 bits per heavy atom. The number of methoxy groups -OCH3 is 1. The van der Waals surface area contributed by atoms with Gasteiger partial charge in [0.15, 0.2) is 5.84 Å². The lowest BCUT2D eigenvalue weighted by molar-refractivity contribution is 0.0767. The normalized spacial score (nSPS) is 19.2. The van der Waals surface area contributed by atoms with Crippen molar-refractivity contribution in [2.75, 3.05) is 13.7 Å². The first kappa shape index (κ1) is 14.2. The number of nitrogens with zero attached hydrogens (tertiary/aromatic N) is 2. The number of oxime groups is 1. The number of benzene rings is 1. The van der Waals surface area contributed by atoms with Crippen molar-refractivity contribution in [3.8, 4) is 5.75 Å². The van der Waals surface area contributed by atoms with E-state index in [2.05, 4.69) is 5.16 Å². The fourth-order valence-electron chi connectivity index (χ4n) is 2.50. The van der Waals surface area contributed by atoms with Gasteiger partial charge in [0.2, 0.25) is 0 Å². The first-order valence-electron chi connectivity index (χ1n) is 6.51. The van der Waals surface area contributed by atoms with E-state index < -0.39 is 0 Å². The molecule has 1 unspecified atom stereocenters.